The molecule has 31 heavy (non-hydrogen) atoms. The van der Waals surface area contributed by atoms with E-state index in [4.69, 9.17) is 9.72 Å². The molecule has 3 aromatic rings. The number of nitrogens with one attached hydrogen (secondary N) is 2. The van der Waals surface area contributed by atoms with E-state index in [2.05, 4.69) is 52.1 Å². The molecule has 0 spiro atoms. The molecule has 1 amide bonds. The number of hydrogen-bond donors (Lipinski definition) is 2. The summed E-state index contributed by atoms with van der Waals surface area (Å²) in [5.74, 6) is 0.909. The first-order valence-electron chi connectivity index (χ1n) is 10.8. The second kappa shape index (κ2) is 9.38. The molecular weight excluding hydrogens is 410 g/mol. The van der Waals surface area contributed by atoms with Gasteiger partial charge in [0.05, 0.1) is 6.61 Å². The molecule has 4 rings (SSSR count). The highest BCUT2D eigenvalue weighted by molar-refractivity contribution is 7.19. The summed E-state index contributed by atoms with van der Waals surface area (Å²) in [7, 11) is 3.82. The van der Waals surface area contributed by atoms with Crippen LogP contribution in [0.2, 0.25) is 0 Å². The number of amides is 1. The number of aromatic nitrogens is 2. The first-order valence-corrected chi connectivity index (χ1v) is 11.6. The zero-order valence-electron chi connectivity index (χ0n) is 18.7. The molecule has 1 aliphatic heterocycles. The van der Waals surface area contributed by atoms with Crippen LogP contribution in [0.1, 0.15) is 33.8 Å². The van der Waals surface area contributed by atoms with Crippen molar-refractivity contribution in [3.8, 4) is 11.3 Å². The molecule has 3 heterocycles. The lowest BCUT2D eigenvalue weighted by Crippen LogP contribution is -2.43. The Hall–Kier alpha value is -2.42. The van der Waals surface area contributed by atoms with Crippen molar-refractivity contribution < 1.29 is 9.53 Å². The van der Waals surface area contributed by atoms with E-state index in [0.717, 1.165) is 58.5 Å². The molecule has 2 N–H and O–H groups in total. The van der Waals surface area contributed by atoms with Crippen LogP contribution in [0, 0.1) is 13.8 Å². The fourth-order valence-corrected chi connectivity index (χ4v) is 5.12. The van der Waals surface area contributed by atoms with E-state index in [1.165, 1.54) is 16.9 Å². The molecule has 166 valence electrons. The highest BCUT2D eigenvalue weighted by atomic mass is 32.1. The molecule has 1 aromatic carbocycles. The molecule has 0 aliphatic carbocycles. The molecule has 8 heteroatoms. The van der Waals surface area contributed by atoms with Crippen LogP contribution in [0.5, 0.6) is 0 Å². The SMILES string of the molecule is COCCNc1c(-c2cccc(C)c2)nc2sc(C(=O)NC3CCN(C)CC3)c(C)n12. The number of likely N-dealkylation sites (tertiary alicyclic amines) is 1. The zero-order valence-corrected chi connectivity index (χ0v) is 19.5. The van der Waals surface area contributed by atoms with Gasteiger partial charge in [0, 0.05) is 31.0 Å². The highest BCUT2D eigenvalue weighted by Gasteiger charge is 2.25. The number of fused-ring (bicyclic) bond motifs is 1. The quantitative estimate of drug-likeness (QED) is 0.549. The van der Waals surface area contributed by atoms with Gasteiger partial charge in [-0.3, -0.25) is 9.20 Å². The molecule has 0 atom stereocenters. The number of hydrogen-bond acceptors (Lipinski definition) is 6. The number of anilines is 1. The summed E-state index contributed by atoms with van der Waals surface area (Å²) >= 11 is 1.45. The van der Waals surface area contributed by atoms with Crippen molar-refractivity contribution in [2.75, 3.05) is 45.7 Å². The number of rotatable bonds is 7. The van der Waals surface area contributed by atoms with Gasteiger partial charge in [-0.1, -0.05) is 35.1 Å². The maximum atomic E-state index is 13.1. The minimum absolute atomic E-state index is 0.00231. The van der Waals surface area contributed by atoms with Crippen molar-refractivity contribution in [3.05, 3.63) is 40.4 Å². The Morgan fingerprint density at radius 2 is 2.06 bits per heavy atom. The summed E-state index contributed by atoms with van der Waals surface area (Å²) in [6, 6.07) is 8.57. The van der Waals surface area contributed by atoms with E-state index in [9.17, 15) is 4.79 Å². The monoisotopic (exact) mass is 441 g/mol. The van der Waals surface area contributed by atoms with Crippen LogP contribution in [0.25, 0.3) is 16.2 Å². The van der Waals surface area contributed by atoms with Crippen molar-refractivity contribution in [1.82, 2.24) is 19.6 Å². The van der Waals surface area contributed by atoms with Crippen LogP contribution in [0.4, 0.5) is 5.82 Å². The van der Waals surface area contributed by atoms with Gasteiger partial charge in [-0.05, 0) is 52.9 Å². The maximum absolute atomic E-state index is 13.1. The summed E-state index contributed by atoms with van der Waals surface area (Å²) in [5, 5.41) is 6.72. The zero-order chi connectivity index (χ0) is 22.0. The number of ether oxygens (including phenoxy) is 1. The van der Waals surface area contributed by atoms with Gasteiger partial charge in [0.2, 0.25) is 0 Å². The highest BCUT2D eigenvalue weighted by Crippen LogP contribution is 2.35. The van der Waals surface area contributed by atoms with Crippen LogP contribution in [0.15, 0.2) is 24.3 Å². The van der Waals surface area contributed by atoms with Crippen molar-refractivity contribution >= 4 is 28.0 Å². The van der Waals surface area contributed by atoms with Gasteiger partial charge in [0.15, 0.2) is 4.96 Å². The second-order valence-corrected chi connectivity index (χ2v) is 9.26. The number of carbonyl (C=O) groups excluding carboxylic acids is 1. The van der Waals surface area contributed by atoms with E-state index >= 15 is 0 Å². The minimum atomic E-state index is 0.00231. The van der Waals surface area contributed by atoms with Gasteiger partial charge in [-0.2, -0.15) is 0 Å². The predicted molar refractivity (Wildman–Crippen MR) is 126 cm³/mol. The molecule has 0 radical (unpaired) electrons. The van der Waals surface area contributed by atoms with E-state index in [1.54, 1.807) is 7.11 Å². The first kappa shape index (κ1) is 21.8. The van der Waals surface area contributed by atoms with Gasteiger partial charge in [-0.15, -0.1) is 0 Å². The first-order chi connectivity index (χ1) is 15.0. The van der Waals surface area contributed by atoms with Gasteiger partial charge >= 0.3 is 0 Å². The number of nitrogens with zero attached hydrogens (tertiary/aromatic N) is 3. The summed E-state index contributed by atoms with van der Waals surface area (Å²) in [6.07, 6.45) is 1.98. The van der Waals surface area contributed by atoms with Gasteiger partial charge in [-0.25, -0.2) is 4.98 Å². The Morgan fingerprint density at radius 3 is 2.77 bits per heavy atom. The predicted octanol–water partition coefficient (Wildman–Crippen LogP) is 3.56. The third-order valence-corrected chi connectivity index (χ3v) is 7.00. The lowest BCUT2D eigenvalue weighted by atomic mass is 10.1. The number of carbonyl (C=O) groups is 1. The lowest BCUT2D eigenvalue weighted by Gasteiger charge is -2.29. The van der Waals surface area contributed by atoms with E-state index in [0.29, 0.717) is 13.2 Å². The fourth-order valence-electron chi connectivity index (χ4n) is 4.09. The van der Waals surface area contributed by atoms with Crippen molar-refractivity contribution in [3.63, 3.8) is 0 Å². The average molecular weight is 442 g/mol. The summed E-state index contributed by atoms with van der Waals surface area (Å²) in [4.78, 5) is 21.8. The Kier molecular flexibility index (Phi) is 6.60. The summed E-state index contributed by atoms with van der Waals surface area (Å²) < 4.78 is 7.30. The van der Waals surface area contributed by atoms with E-state index in [1.807, 2.05) is 13.0 Å². The molecule has 7 nitrogen and oxygen atoms in total. The molecule has 0 saturated carbocycles. The molecule has 1 aliphatic rings. The number of benzene rings is 1. The third kappa shape index (κ3) is 4.61. The van der Waals surface area contributed by atoms with Crippen LogP contribution >= 0.6 is 11.3 Å². The minimum Gasteiger partial charge on any atom is -0.383 e. The number of methoxy groups -OCH3 is 1. The Bertz CT molecular complexity index is 1070. The van der Waals surface area contributed by atoms with Crippen LogP contribution in [-0.2, 0) is 4.74 Å². The van der Waals surface area contributed by atoms with Crippen LogP contribution in [-0.4, -0.2) is 66.6 Å². The summed E-state index contributed by atoms with van der Waals surface area (Å²) in [5.41, 5.74) is 4.06. The molecular formula is C23H31N5O2S. The van der Waals surface area contributed by atoms with Crippen LogP contribution < -0.4 is 10.6 Å². The van der Waals surface area contributed by atoms with E-state index < -0.39 is 0 Å². The Labute approximate surface area is 187 Å². The van der Waals surface area contributed by atoms with Crippen molar-refractivity contribution in [1.29, 1.82) is 0 Å². The largest absolute Gasteiger partial charge is 0.383 e. The molecule has 0 bridgehead atoms. The van der Waals surface area contributed by atoms with Gasteiger partial charge in [0.1, 0.15) is 16.4 Å². The van der Waals surface area contributed by atoms with E-state index in [-0.39, 0.29) is 11.9 Å². The third-order valence-electron chi connectivity index (χ3n) is 5.85. The smallest absolute Gasteiger partial charge is 0.263 e. The topological polar surface area (TPSA) is 70.9 Å². The number of piperidine rings is 1. The average Bonchev–Trinajstić information content (AvgIpc) is 3.27. The number of aryl methyl sites for hydroxylation is 2. The molecule has 1 saturated heterocycles. The van der Waals surface area contributed by atoms with Gasteiger partial charge < -0.3 is 20.3 Å². The van der Waals surface area contributed by atoms with Gasteiger partial charge in [0.25, 0.3) is 5.91 Å². The molecule has 2 aromatic heterocycles. The molecule has 0 unspecified atom stereocenters. The lowest BCUT2D eigenvalue weighted by molar-refractivity contribution is 0.0920. The Balaban J connectivity index is 1.67. The van der Waals surface area contributed by atoms with Crippen LogP contribution in [0.3, 0.4) is 0 Å². The van der Waals surface area contributed by atoms with Crippen molar-refractivity contribution in [2.45, 2.75) is 32.7 Å². The number of thiazole rings is 1. The second-order valence-electron chi connectivity index (χ2n) is 8.28. The fraction of sp³-hybridized carbons (Fsp3) is 0.478. The number of imidazole rings is 1. The van der Waals surface area contributed by atoms with Crippen molar-refractivity contribution in [2.24, 2.45) is 0 Å². The normalized spacial score (nSPS) is 15.5. The maximum Gasteiger partial charge on any atom is 0.263 e. The molecule has 1 fully saturated rings. The summed E-state index contributed by atoms with van der Waals surface area (Å²) in [6.45, 7) is 7.37. The Morgan fingerprint density at radius 1 is 1.29 bits per heavy atom. The standard InChI is InChI=1S/C23H31N5O2S/c1-15-6-5-7-17(14-15)19-21(24-10-13-30-4)28-16(2)20(31-23(28)26-19)22(29)25-18-8-11-27(3)12-9-18/h5-7,14,18,24H,8-13H2,1-4H3,(H,25,29).